The number of amides is 2. The summed E-state index contributed by atoms with van der Waals surface area (Å²) in [6.07, 6.45) is 0. The van der Waals surface area contributed by atoms with Crippen molar-refractivity contribution in [2.45, 2.75) is 31.6 Å². The molecule has 0 aliphatic carbocycles. The Morgan fingerprint density at radius 2 is 1.65 bits per heavy atom. The molecule has 8 nitrogen and oxygen atoms in total. The molecule has 204 valence electrons. The third kappa shape index (κ3) is 6.73. The van der Waals surface area contributed by atoms with Crippen molar-refractivity contribution in [1.82, 2.24) is 14.9 Å². The highest BCUT2D eigenvalue weighted by Gasteiger charge is 2.32. The Hall–Kier alpha value is -4.08. The van der Waals surface area contributed by atoms with E-state index in [9.17, 15) is 9.59 Å². The Bertz CT molecular complexity index is 1500. The predicted octanol–water partition coefficient (Wildman–Crippen LogP) is 5.98. The van der Waals surface area contributed by atoms with Gasteiger partial charge in [-0.25, -0.2) is 9.97 Å². The summed E-state index contributed by atoms with van der Waals surface area (Å²) in [5, 5.41) is 4.07. The normalized spacial score (nSPS) is 12.6. The fourth-order valence-electron chi connectivity index (χ4n) is 4.37. The lowest BCUT2D eigenvalue weighted by Gasteiger charge is -2.31. The first kappa shape index (κ1) is 27.5. The topological polar surface area (TPSA) is 93.7 Å². The molecule has 0 spiro atoms. The molecular weight excluding hydrogens is 548 g/mol. The van der Waals surface area contributed by atoms with E-state index >= 15 is 0 Å². The third-order valence-electron chi connectivity index (χ3n) is 6.19. The number of anilines is 1. The summed E-state index contributed by atoms with van der Waals surface area (Å²) < 4.78 is 10.9. The molecule has 0 bridgehead atoms. The largest absolute Gasteiger partial charge is 0.454 e. The van der Waals surface area contributed by atoms with E-state index in [1.54, 1.807) is 35.2 Å². The van der Waals surface area contributed by atoms with Crippen LogP contribution in [0.5, 0.6) is 11.5 Å². The lowest BCUT2D eigenvalue weighted by molar-refractivity contribution is -0.137. The lowest BCUT2D eigenvalue weighted by Crippen LogP contribution is -2.41. The standard InChI is InChI=1S/C30H27ClN4O4S/c1-19-14-20(2)33-30(32-19)40-17-27(36)35(16-21-8-10-23(31)11-9-21)28(22-6-4-3-5-7-22)29(37)34-24-12-13-25-26(15-24)39-18-38-25/h3-15,28H,16-18H2,1-2H3,(H,34,37). The Morgan fingerprint density at radius 1 is 0.950 bits per heavy atom. The minimum atomic E-state index is -0.921. The van der Waals surface area contributed by atoms with Gasteiger partial charge in [-0.15, -0.1) is 0 Å². The second-order valence-corrected chi connectivity index (χ2v) is 10.6. The molecule has 4 aromatic rings. The highest BCUT2D eigenvalue weighted by Crippen LogP contribution is 2.35. The molecule has 1 atom stereocenters. The number of nitrogens with one attached hydrogen (secondary N) is 1. The van der Waals surface area contributed by atoms with Crippen molar-refractivity contribution in [3.63, 3.8) is 0 Å². The molecule has 2 heterocycles. The van der Waals surface area contributed by atoms with Gasteiger partial charge in [-0.1, -0.05) is 65.8 Å². The van der Waals surface area contributed by atoms with Crippen molar-refractivity contribution in [2.75, 3.05) is 17.9 Å². The van der Waals surface area contributed by atoms with Gasteiger partial charge in [0.05, 0.1) is 5.75 Å². The fourth-order valence-corrected chi connectivity index (χ4v) is 5.33. The maximum absolute atomic E-state index is 13.9. The molecular formula is C30H27ClN4O4S. The van der Waals surface area contributed by atoms with Crippen LogP contribution in [-0.2, 0) is 16.1 Å². The average molecular weight is 575 g/mol. The molecule has 10 heteroatoms. The van der Waals surface area contributed by atoms with Crippen LogP contribution < -0.4 is 14.8 Å². The summed E-state index contributed by atoms with van der Waals surface area (Å²) in [5.41, 5.74) is 3.70. The molecule has 0 saturated carbocycles. The highest BCUT2D eigenvalue weighted by molar-refractivity contribution is 7.99. The second kappa shape index (κ2) is 12.4. The molecule has 1 aliphatic rings. The van der Waals surface area contributed by atoms with Gasteiger partial charge in [0, 0.05) is 34.7 Å². The van der Waals surface area contributed by atoms with E-state index < -0.39 is 6.04 Å². The van der Waals surface area contributed by atoms with Gasteiger partial charge in [-0.2, -0.15) is 0 Å². The first-order valence-corrected chi connectivity index (χ1v) is 14.0. The third-order valence-corrected chi connectivity index (χ3v) is 7.27. The van der Waals surface area contributed by atoms with Crippen LogP contribution >= 0.6 is 23.4 Å². The molecule has 0 radical (unpaired) electrons. The number of thioether (sulfide) groups is 1. The van der Waals surface area contributed by atoms with Crippen LogP contribution in [0, 0.1) is 13.8 Å². The minimum Gasteiger partial charge on any atom is -0.454 e. The zero-order valence-electron chi connectivity index (χ0n) is 22.0. The van der Waals surface area contributed by atoms with Crippen LogP contribution in [0.1, 0.15) is 28.6 Å². The summed E-state index contributed by atoms with van der Waals surface area (Å²) in [5.74, 6) is 0.616. The lowest BCUT2D eigenvalue weighted by atomic mass is 10.0. The van der Waals surface area contributed by atoms with Gasteiger partial charge >= 0.3 is 0 Å². The first-order chi connectivity index (χ1) is 19.4. The van der Waals surface area contributed by atoms with E-state index in [1.165, 1.54) is 11.8 Å². The van der Waals surface area contributed by atoms with Crippen molar-refractivity contribution in [2.24, 2.45) is 0 Å². The van der Waals surface area contributed by atoms with Gasteiger partial charge in [0.2, 0.25) is 12.7 Å². The number of rotatable bonds is 9. The Kier molecular flexibility index (Phi) is 8.52. The number of aryl methyl sites for hydroxylation is 2. The zero-order chi connectivity index (χ0) is 28.1. The van der Waals surface area contributed by atoms with Crippen LogP contribution in [0.2, 0.25) is 5.02 Å². The van der Waals surface area contributed by atoms with E-state index in [-0.39, 0.29) is 30.9 Å². The molecule has 1 N–H and O–H groups in total. The number of carbonyl (C=O) groups is 2. The van der Waals surface area contributed by atoms with Gasteiger partial charge in [0.1, 0.15) is 6.04 Å². The second-order valence-electron chi connectivity index (χ2n) is 9.24. The van der Waals surface area contributed by atoms with E-state index in [0.29, 0.717) is 32.9 Å². The Labute approximate surface area is 241 Å². The molecule has 1 aliphatic heterocycles. The van der Waals surface area contributed by atoms with Gasteiger partial charge in [-0.05, 0) is 55.3 Å². The van der Waals surface area contributed by atoms with Crippen molar-refractivity contribution < 1.29 is 19.1 Å². The predicted molar refractivity (Wildman–Crippen MR) is 155 cm³/mol. The summed E-state index contributed by atoms with van der Waals surface area (Å²) in [4.78, 5) is 38.3. The summed E-state index contributed by atoms with van der Waals surface area (Å²) in [6, 6.07) is 22.6. The van der Waals surface area contributed by atoms with Crippen LogP contribution in [0.25, 0.3) is 0 Å². The van der Waals surface area contributed by atoms with Crippen molar-refractivity contribution in [3.05, 3.63) is 106 Å². The number of hydrogen-bond donors (Lipinski definition) is 1. The Balaban J connectivity index is 1.46. The van der Waals surface area contributed by atoms with Crippen molar-refractivity contribution in [1.29, 1.82) is 0 Å². The number of benzene rings is 3. The summed E-state index contributed by atoms with van der Waals surface area (Å²) >= 11 is 7.36. The van der Waals surface area contributed by atoms with Gasteiger partial charge in [-0.3, -0.25) is 9.59 Å². The molecule has 5 rings (SSSR count). The van der Waals surface area contributed by atoms with E-state index in [2.05, 4.69) is 15.3 Å². The van der Waals surface area contributed by atoms with E-state index in [1.807, 2.05) is 62.4 Å². The average Bonchev–Trinajstić information content (AvgIpc) is 3.41. The zero-order valence-corrected chi connectivity index (χ0v) is 23.5. The van der Waals surface area contributed by atoms with Crippen LogP contribution in [0.4, 0.5) is 5.69 Å². The molecule has 3 aromatic carbocycles. The van der Waals surface area contributed by atoms with Crippen LogP contribution in [-0.4, -0.2) is 39.2 Å². The molecule has 40 heavy (non-hydrogen) atoms. The smallest absolute Gasteiger partial charge is 0.251 e. The monoisotopic (exact) mass is 574 g/mol. The van der Waals surface area contributed by atoms with E-state index in [0.717, 1.165) is 17.0 Å². The molecule has 0 fully saturated rings. The summed E-state index contributed by atoms with van der Waals surface area (Å²) in [6.45, 7) is 4.10. The number of nitrogens with zero attached hydrogens (tertiary/aromatic N) is 3. The number of aromatic nitrogens is 2. The first-order valence-electron chi connectivity index (χ1n) is 12.6. The van der Waals surface area contributed by atoms with Gasteiger partial charge in [0.15, 0.2) is 16.7 Å². The SMILES string of the molecule is Cc1cc(C)nc(SCC(=O)N(Cc2ccc(Cl)cc2)C(C(=O)Nc2ccc3c(c2)OCO3)c2ccccc2)n1. The molecule has 0 saturated heterocycles. The fraction of sp³-hybridized carbons (Fsp3) is 0.200. The number of hydrogen-bond acceptors (Lipinski definition) is 7. The summed E-state index contributed by atoms with van der Waals surface area (Å²) in [7, 11) is 0. The number of halogens is 1. The minimum absolute atomic E-state index is 0.0527. The maximum Gasteiger partial charge on any atom is 0.251 e. The number of carbonyl (C=O) groups excluding carboxylic acids is 2. The maximum atomic E-state index is 13.9. The van der Waals surface area contributed by atoms with Crippen LogP contribution in [0.15, 0.2) is 84.0 Å². The van der Waals surface area contributed by atoms with Gasteiger partial charge in [0.25, 0.3) is 5.91 Å². The highest BCUT2D eigenvalue weighted by atomic mass is 35.5. The Morgan fingerprint density at radius 3 is 2.38 bits per heavy atom. The molecule has 2 amide bonds. The molecule has 1 aromatic heterocycles. The molecule has 1 unspecified atom stereocenters. The van der Waals surface area contributed by atoms with E-state index in [4.69, 9.17) is 21.1 Å². The van der Waals surface area contributed by atoms with Crippen molar-refractivity contribution in [3.8, 4) is 11.5 Å². The quantitative estimate of drug-likeness (QED) is 0.194. The number of ether oxygens (including phenoxy) is 2. The van der Waals surface area contributed by atoms with Gasteiger partial charge < -0.3 is 19.7 Å². The van der Waals surface area contributed by atoms with Crippen molar-refractivity contribution >= 4 is 40.9 Å². The number of fused-ring (bicyclic) bond motifs is 1. The van der Waals surface area contributed by atoms with Crippen LogP contribution in [0.3, 0.4) is 0 Å².